The van der Waals surface area contributed by atoms with Gasteiger partial charge >= 0.3 is 30.2 Å². The summed E-state index contributed by atoms with van der Waals surface area (Å²) in [6, 6.07) is 17.0. The number of esters is 3. The number of rotatable bonds is 26. The molecule has 3 aromatic carbocycles. The standard InChI is InChI=1S/C68H87N5O22/c1-36(29-45(75)34-88-28-27-87-12)57(79)70-39(4)58(80)72-46(31-49(69)76)59(81)71-44-25-23-41(24-26-44)33-89-63(85)92-53(51(42-19-15-13-16-20-42)73-62(84)95-64(6,7)8)61(83)91-47-32-68(86)56(93-60(82)43-21-17-14-18-22-43)54-66(11,55(78)52(77)50(38(47)3)65(68,9)10)37(2)30-48-67(54,35-90-48)94-40(5)74/h13-26,36-37,39,46-48,51-54,56,77,86H,27-35H2,1-12H3,(H2,69,76)(H,70,79)(H,71,81)(H,72,80)(H,73,84)/t36-,37-,39+,46+,47?,48?,51-,52+,53?,54-,56?,66+,67?,68+/m0/s1. The molecule has 3 fully saturated rings. The molecular formula is C68H87N5O22. The Hall–Kier alpha value is -8.63. The Labute approximate surface area is 550 Å². The summed E-state index contributed by atoms with van der Waals surface area (Å²) in [7, 11) is 1.48. The van der Waals surface area contributed by atoms with Crippen molar-refractivity contribution in [2.24, 2.45) is 34.3 Å². The first-order valence-electron chi connectivity index (χ1n) is 31.3. The highest BCUT2D eigenvalue weighted by molar-refractivity contribution is 6.01. The molecule has 7 rings (SSSR count). The zero-order valence-electron chi connectivity index (χ0n) is 55.4. The van der Waals surface area contributed by atoms with E-state index >= 15 is 9.59 Å². The molecule has 27 heteroatoms. The Morgan fingerprint density at radius 1 is 0.821 bits per heavy atom. The van der Waals surface area contributed by atoms with Crippen molar-refractivity contribution in [3.63, 3.8) is 0 Å². The number of hydrogen-bond acceptors (Lipinski definition) is 22. The lowest BCUT2D eigenvalue weighted by molar-refractivity contribution is -0.340. The highest BCUT2D eigenvalue weighted by Crippen LogP contribution is 2.65. The van der Waals surface area contributed by atoms with Crippen molar-refractivity contribution in [2.75, 3.05) is 38.9 Å². The number of nitrogens with one attached hydrogen (secondary N) is 4. The van der Waals surface area contributed by atoms with Gasteiger partial charge in [-0.05, 0) is 93.5 Å². The number of alkyl carbamates (subject to hydrolysis) is 1. The van der Waals surface area contributed by atoms with Gasteiger partial charge in [0.15, 0.2) is 17.2 Å². The van der Waals surface area contributed by atoms with Gasteiger partial charge in [-0.3, -0.25) is 33.6 Å². The number of carbonyl (C=O) groups excluding carboxylic acids is 11. The zero-order chi connectivity index (χ0) is 70.1. The van der Waals surface area contributed by atoms with Gasteiger partial charge in [-0.15, -0.1) is 0 Å². The number of fused-ring (bicyclic) bond motifs is 5. The lowest BCUT2D eigenvalue weighted by atomic mass is 9.43. The maximum absolute atomic E-state index is 15.5. The molecule has 0 aromatic heterocycles. The maximum Gasteiger partial charge on any atom is 0.509 e. The van der Waals surface area contributed by atoms with Gasteiger partial charge < -0.3 is 79.8 Å². The quantitative estimate of drug-likeness (QED) is 0.0242. The molecule has 8 N–H and O–H groups in total. The number of carbonyl (C=O) groups is 11. The van der Waals surface area contributed by atoms with Gasteiger partial charge in [0, 0.05) is 49.3 Å². The van der Waals surface area contributed by atoms with E-state index in [1.165, 1.54) is 83.3 Å². The van der Waals surface area contributed by atoms with Crippen molar-refractivity contribution in [2.45, 2.75) is 174 Å². The first-order chi connectivity index (χ1) is 44.6. The van der Waals surface area contributed by atoms with Gasteiger partial charge in [-0.25, -0.2) is 19.2 Å². The molecule has 3 aliphatic carbocycles. The van der Waals surface area contributed by atoms with Crippen LogP contribution in [0.15, 0.2) is 96.1 Å². The molecule has 3 aromatic rings. The number of aliphatic hydroxyl groups excluding tert-OH is 1. The number of amides is 5. The summed E-state index contributed by atoms with van der Waals surface area (Å²) in [5.41, 5.74) is -2.48. The van der Waals surface area contributed by atoms with Crippen LogP contribution in [0.4, 0.5) is 15.3 Å². The van der Waals surface area contributed by atoms with Gasteiger partial charge in [0.2, 0.25) is 29.7 Å². The Morgan fingerprint density at radius 2 is 1.46 bits per heavy atom. The number of hydrogen-bond donors (Lipinski definition) is 7. The van der Waals surface area contributed by atoms with Crippen molar-refractivity contribution >= 4 is 71.0 Å². The van der Waals surface area contributed by atoms with Crippen molar-refractivity contribution in [3.8, 4) is 0 Å². The first kappa shape index (κ1) is 73.8. The molecule has 5 amide bonds. The number of Topliss-reactive ketones (excluding diaryl/α,β-unsaturated/α-hetero) is 2. The Bertz CT molecular complexity index is 3390. The molecule has 2 bridgehead atoms. The Kier molecular flexibility index (Phi) is 23.6. The van der Waals surface area contributed by atoms with E-state index in [1.807, 2.05) is 0 Å². The van der Waals surface area contributed by atoms with Crippen LogP contribution < -0.4 is 27.0 Å². The second kappa shape index (κ2) is 30.4. The van der Waals surface area contributed by atoms with Gasteiger partial charge in [-0.2, -0.15) is 0 Å². The minimum atomic E-state index is -2.43. The average Bonchev–Trinajstić information content (AvgIpc) is 0.671. The number of anilines is 1. The van der Waals surface area contributed by atoms with Gasteiger partial charge in [0.05, 0.1) is 37.7 Å². The second-order valence-electron chi connectivity index (χ2n) is 26.4. The summed E-state index contributed by atoms with van der Waals surface area (Å²) in [5, 5.41) is 36.7. The van der Waals surface area contributed by atoms with E-state index in [1.54, 1.807) is 84.9 Å². The minimum Gasteiger partial charge on any atom is -0.455 e. The molecule has 1 heterocycles. The lowest BCUT2D eigenvalue weighted by Gasteiger charge is -2.68. The second-order valence-corrected chi connectivity index (χ2v) is 26.4. The molecule has 5 unspecified atom stereocenters. The zero-order valence-corrected chi connectivity index (χ0v) is 55.4. The van der Waals surface area contributed by atoms with Crippen LogP contribution in [0.25, 0.3) is 0 Å². The summed E-state index contributed by atoms with van der Waals surface area (Å²) in [6.45, 7) is 16.1. The SMILES string of the molecule is COCCOCC(=O)C[C@H](C)C(=O)N[C@H](C)C(=O)N[C@H](CC(N)=O)C(=O)Nc1ccc(COC(=O)OC(C(=O)OC2C[C@@]3(O)C(OC(=O)c4ccccc4)[C@@H]4C5(OC(C)=O)COC5C[C@H](C)[C@@]4(C)C(=O)[C@H](O)C(=C2C)C3(C)C)[C@@H](NC(=O)OC(C)(C)C)c2ccccc2)cc1. The third-order valence-electron chi connectivity index (χ3n) is 18.3. The molecule has 516 valence electrons. The summed E-state index contributed by atoms with van der Waals surface area (Å²) in [5.74, 6) is -10.3. The van der Waals surface area contributed by atoms with Crippen molar-refractivity contribution in [3.05, 3.63) is 113 Å². The minimum absolute atomic E-state index is 0.0618. The van der Waals surface area contributed by atoms with Crippen LogP contribution in [0.5, 0.6) is 0 Å². The fourth-order valence-electron chi connectivity index (χ4n) is 13.1. The lowest BCUT2D eigenvalue weighted by Crippen LogP contribution is -2.80. The van der Waals surface area contributed by atoms with Crippen molar-refractivity contribution in [1.29, 1.82) is 0 Å². The van der Waals surface area contributed by atoms with Crippen LogP contribution in [0.1, 0.15) is 129 Å². The van der Waals surface area contributed by atoms with E-state index in [0.29, 0.717) is 5.56 Å². The molecule has 95 heavy (non-hydrogen) atoms. The van der Waals surface area contributed by atoms with Gasteiger partial charge in [-0.1, -0.05) is 95.3 Å². The summed E-state index contributed by atoms with van der Waals surface area (Å²) in [4.78, 5) is 151. The molecular weight excluding hydrogens is 1240 g/mol. The van der Waals surface area contributed by atoms with E-state index in [-0.39, 0.29) is 73.0 Å². The third-order valence-corrected chi connectivity index (χ3v) is 18.3. The van der Waals surface area contributed by atoms with Crippen molar-refractivity contribution < 1.29 is 106 Å². The highest BCUT2D eigenvalue weighted by Gasteiger charge is 2.77. The largest absolute Gasteiger partial charge is 0.509 e. The smallest absolute Gasteiger partial charge is 0.455 e. The molecule has 4 aliphatic rings. The average molecular weight is 1330 g/mol. The normalized spacial score (nSPS) is 25.8. The van der Waals surface area contributed by atoms with Crippen LogP contribution in [0, 0.1) is 28.6 Å². The van der Waals surface area contributed by atoms with E-state index in [2.05, 4.69) is 21.3 Å². The summed E-state index contributed by atoms with van der Waals surface area (Å²) < 4.78 is 52.2. The number of primary amides is 1. The van der Waals surface area contributed by atoms with E-state index in [9.17, 15) is 53.4 Å². The van der Waals surface area contributed by atoms with Gasteiger partial charge in [0.25, 0.3) is 0 Å². The van der Waals surface area contributed by atoms with Crippen molar-refractivity contribution in [1.82, 2.24) is 16.0 Å². The van der Waals surface area contributed by atoms with Gasteiger partial charge in [0.1, 0.15) is 67.0 Å². The molecule has 1 aliphatic heterocycles. The number of nitrogens with two attached hydrogens (primary N) is 1. The third kappa shape index (κ3) is 16.7. The van der Waals surface area contributed by atoms with Crippen LogP contribution >= 0.6 is 0 Å². The maximum atomic E-state index is 15.5. The fourth-order valence-corrected chi connectivity index (χ4v) is 13.1. The number of ether oxygens (including phenoxy) is 9. The Morgan fingerprint density at radius 3 is 2.05 bits per heavy atom. The highest BCUT2D eigenvalue weighted by atomic mass is 16.7. The number of ketones is 2. The van der Waals surface area contributed by atoms with Crippen LogP contribution in [0.2, 0.25) is 0 Å². The number of methoxy groups -OCH3 is 1. The van der Waals surface area contributed by atoms with Crippen LogP contribution in [0.3, 0.4) is 0 Å². The molecule has 14 atom stereocenters. The van der Waals surface area contributed by atoms with Crippen LogP contribution in [-0.2, 0) is 87.6 Å². The molecule has 0 radical (unpaired) electrons. The molecule has 0 spiro atoms. The predicted octanol–water partition coefficient (Wildman–Crippen LogP) is 4.96. The van der Waals surface area contributed by atoms with E-state index in [4.69, 9.17) is 48.4 Å². The van der Waals surface area contributed by atoms with E-state index < -0.39 is 173 Å². The molecule has 27 nitrogen and oxygen atoms in total. The summed E-state index contributed by atoms with van der Waals surface area (Å²) >= 11 is 0. The Balaban J connectivity index is 1.15. The topological polar surface area (TPSA) is 385 Å². The fraction of sp³-hybridized carbons (Fsp3) is 0.544. The first-order valence-corrected chi connectivity index (χ1v) is 31.3. The number of benzene rings is 3. The summed E-state index contributed by atoms with van der Waals surface area (Å²) in [6.07, 6.45) is -12.2. The van der Waals surface area contributed by atoms with Crippen LogP contribution in [-0.4, -0.2) is 169 Å². The molecule has 2 saturated carbocycles. The monoisotopic (exact) mass is 1330 g/mol. The molecule has 1 saturated heterocycles. The number of aliphatic hydroxyl groups is 2. The van der Waals surface area contributed by atoms with E-state index in [0.717, 1.165) is 0 Å². The predicted molar refractivity (Wildman–Crippen MR) is 336 cm³/mol.